The van der Waals surface area contributed by atoms with Gasteiger partial charge in [-0.2, -0.15) is 0 Å². The lowest BCUT2D eigenvalue weighted by Crippen LogP contribution is -2.04. The van der Waals surface area contributed by atoms with Gasteiger partial charge in [0, 0.05) is 12.8 Å². The molecule has 0 aliphatic heterocycles. The molecule has 0 aliphatic carbocycles. The number of aryl methyl sites for hydroxylation is 1. The van der Waals surface area contributed by atoms with Crippen LogP contribution in [0.15, 0.2) is 29.3 Å². The molecule has 1 heteroatoms. The van der Waals surface area contributed by atoms with Gasteiger partial charge in [-0.15, -0.1) is 0 Å². The third-order valence-corrected chi connectivity index (χ3v) is 2.75. The molecule has 0 atom stereocenters. The lowest BCUT2D eigenvalue weighted by molar-refractivity contribution is 0.833. The van der Waals surface area contributed by atoms with Gasteiger partial charge in [0.15, 0.2) is 0 Å². The maximum atomic E-state index is 4.42. The quantitative estimate of drug-likeness (QED) is 0.644. The highest BCUT2D eigenvalue weighted by atomic mass is 14.7. The van der Waals surface area contributed by atoms with E-state index in [1.807, 2.05) is 7.05 Å². The van der Waals surface area contributed by atoms with Gasteiger partial charge in [0.2, 0.25) is 0 Å². The fourth-order valence-electron chi connectivity index (χ4n) is 1.82. The van der Waals surface area contributed by atoms with Crippen molar-refractivity contribution < 1.29 is 0 Å². The Kier molecular flexibility index (Phi) is 5.09. The van der Waals surface area contributed by atoms with E-state index in [1.165, 1.54) is 29.7 Å². The molecule has 0 aliphatic rings. The largest absolute Gasteiger partial charge is 0.292 e. The molecule has 0 unspecified atom stereocenters. The predicted octanol–water partition coefficient (Wildman–Crippen LogP) is 3.86. The van der Waals surface area contributed by atoms with E-state index >= 15 is 0 Å². The van der Waals surface area contributed by atoms with Crippen molar-refractivity contribution in [3.63, 3.8) is 0 Å². The fourth-order valence-corrected chi connectivity index (χ4v) is 1.82. The number of unbranched alkanes of at least 4 members (excludes halogenated alkanes) is 1. The van der Waals surface area contributed by atoms with Crippen molar-refractivity contribution in [2.45, 2.75) is 39.5 Å². The van der Waals surface area contributed by atoms with Gasteiger partial charge in [0.1, 0.15) is 0 Å². The molecule has 1 aromatic rings. The van der Waals surface area contributed by atoms with E-state index in [0.717, 1.165) is 12.8 Å². The third kappa shape index (κ3) is 3.19. The van der Waals surface area contributed by atoms with Gasteiger partial charge in [0.25, 0.3) is 0 Å². The minimum atomic E-state index is 1.08. The van der Waals surface area contributed by atoms with Gasteiger partial charge in [0.05, 0.1) is 0 Å². The van der Waals surface area contributed by atoms with Crippen LogP contribution in [0, 0.1) is 0 Å². The van der Waals surface area contributed by atoms with E-state index in [1.54, 1.807) is 0 Å². The fraction of sp³-hybridized carbons (Fsp3) is 0.500. The van der Waals surface area contributed by atoms with Crippen molar-refractivity contribution in [3.05, 3.63) is 35.4 Å². The molecule has 0 heterocycles. The molecule has 0 saturated heterocycles. The average molecular weight is 203 g/mol. The number of nitrogens with zero attached hydrogens (tertiary/aromatic N) is 1. The molecule has 0 saturated carbocycles. The van der Waals surface area contributed by atoms with Crippen LogP contribution in [0.3, 0.4) is 0 Å². The minimum Gasteiger partial charge on any atom is -0.292 e. The van der Waals surface area contributed by atoms with Gasteiger partial charge in [-0.1, -0.05) is 44.5 Å². The molecule has 15 heavy (non-hydrogen) atoms. The van der Waals surface area contributed by atoms with Crippen LogP contribution in [0.1, 0.15) is 44.2 Å². The molecule has 0 radical (unpaired) electrons. The molecule has 0 fully saturated rings. The van der Waals surface area contributed by atoms with Gasteiger partial charge in [-0.3, -0.25) is 4.99 Å². The van der Waals surface area contributed by atoms with Crippen molar-refractivity contribution in [2.24, 2.45) is 4.99 Å². The number of hydrogen-bond donors (Lipinski definition) is 0. The zero-order valence-electron chi connectivity index (χ0n) is 10.1. The van der Waals surface area contributed by atoms with Crippen LogP contribution in [0.2, 0.25) is 0 Å². The lowest BCUT2D eigenvalue weighted by Gasteiger charge is -2.09. The molecule has 1 nitrogen and oxygen atoms in total. The molecule has 1 rings (SSSR count). The van der Waals surface area contributed by atoms with Crippen molar-refractivity contribution in [3.8, 4) is 0 Å². The SMILES string of the molecule is CCCCC(=NC)c1ccccc1CC. The first kappa shape index (κ1) is 12.0. The monoisotopic (exact) mass is 203 g/mol. The van der Waals surface area contributed by atoms with Crippen LogP contribution in [-0.4, -0.2) is 12.8 Å². The van der Waals surface area contributed by atoms with Gasteiger partial charge < -0.3 is 0 Å². The Bertz CT molecular complexity index is 326. The van der Waals surface area contributed by atoms with E-state index < -0.39 is 0 Å². The molecule has 0 N–H and O–H groups in total. The van der Waals surface area contributed by atoms with E-state index in [0.29, 0.717) is 0 Å². The Hall–Kier alpha value is -1.11. The van der Waals surface area contributed by atoms with E-state index in [2.05, 4.69) is 43.1 Å². The molecule has 82 valence electrons. The van der Waals surface area contributed by atoms with Crippen LogP contribution < -0.4 is 0 Å². The van der Waals surface area contributed by atoms with Gasteiger partial charge in [-0.25, -0.2) is 0 Å². The summed E-state index contributed by atoms with van der Waals surface area (Å²) in [7, 11) is 1.90. The maximum absolute atomic E-state index is 4.42. The molecule has 1 aromatic carbocycles. The second kappa shape index (κ2) is 6.39. The Morgan fingerprint density at radius 1 is 1.20 bits per heavy atom. The second-order valence-corrected chi connectivity index (χ2v) is 3.78. The molecular formula is C14H21N. The second-order valence-electron chi connectivity index (χ2n) is 3.78. The first-order valence-electron chi connectivity index (χ1n) is 5.87. The zero-order valence-corrected chi connectivity index (χ0v) is 10.1. The summed E-state index contributed by atoms with van der Waals surface area (Å²) in [6.07, 6.45) is 4.64. The molecule has 0 bridgehead atoms. The van der Waals surface area contributed by atoms with Crippen molar-refractivity contribution >= 4 is 5.71 Å². The number of hydrogen-bond acceptors (Lipinski definition) is 1. The normalized spacial score (nSPS) is 11.8. The number of aliphatic imine (C=N–C) groups is 1. The standard InChI is InChI=1S/C14H21N/c1-4-6-11-14(15-3)13-10-8-7-9-12(13)5-2/h7-10H,4-6,11H2,1-3H3. The average Bonchev–Trinajstić information content (AvgIpc) is 2.30. The summed E-state index contributed by atoms with van der Waals surface area (Å²) in [5, 5.41) is 0. The molecule has 0 amide bonds. The molecule has 0 spiro atoms. The highest BCUT2D eigenvalue weighted by Crippen LogP contribution is 2.14. The van der Waals surface area contributed by atoms with Gasteiger partial charge >= 0.3 is 0 Å². The maximum Gasteiger partial charge on any atom is 0.0419 e. The summed E-state index contributed by atoms with van der Waals surface area (Å²) < 4.78 is 0. The van der Waals surface area contributed by atoms with Crippen LogP contribution in [-0.2, 0) is 6.42 Å². The summed E-state index contributed by atoms with van der Waals surface area (Å²) in [5.41, 5.74) is 4.01. The molecular weight excluding hydrogens is 182 g/mol. The van der Waals surface area contributed by atoms with Crippen LogP contribution in [0.25, 0.3) is 0 Å². The Morgan fingerprint density at radius 2 is 1.93 bits per heavy atom. The topological polar surface area (TPSA) is 12.4 Å². The first-order valence-corrected chi connectivity index (χ1v) is 5.87. The first-order chi connectivity index (χ1) is 7.33. The third-order valence-electron chi connectivity index (χ3n) is 2.75. The summed E-state index contributed by atoms with van der Waals surface area (Å²) in [6, 6.07) is 8.60. The van der Waals surface area contributed by atoms with Crippen molar-refractivity contribution in [1.82, 2.24) is 0 Å². The zero-order chi connectivity index (χ0) is 11.1. The molecule has 0 aromatic heterocycles. The highest BCUT2D eigenvalue weighted by molar-refractivity contribution is 6.01. The van der Waals surface area contributed by atoms with Crippen molar-refractivity contribution in [1.29, 1.82) is 0 Å². The number of rotatable bonds is 5. The van der Waals surface area contributed by atoms with Crippen LogP contribution in [0.5, 0.6) is 0 Å². The summed E-state index contributed by atoms with van der Waals surface area (Å²) in [6.45, 7) is 4.42. The van der Waals surface area contributed by atoms with E-state index in [-0.39, 0.29) is 0 Å². The van der Waals surface area contributed by atoms with Crippen molar-refractivity contribution in [2.75, 3.05) is 7.05 Å². The van der Waals surface area contributed by atoms with E-state index in [9.17, 15) is 0 Å². The van der Waals surface area contributed by atoms with E-state index in [4.69, 9.17) is 0 Å². The highest BCUT2D eigenvalue weighted by Gasteiger charge is 2.06. The smallest absolute Gasteiger partial charge is 0.0419 e. The van der Waals surface area contributed by atoms with Crippen LogP contribution in [0.4, 0.5) is 0 Å². The predicted molar refractivity (Wildman–Crippen MR) is 67.8 cm³/mol. The van der Waals surface area contributed by atoms with Crippen LogP contribution >= 0.6 is 0 Å². The minimum absolute atomic E-state index is 1.08. The summed E-state index contributed by atoms with van der Waals surface area (Å²) >= 11 is 0. The number of benzene rings is 1. The Balaban J connectivity index is 2.91. The summed E-state index contributed by atoms with van der Waals surface area (Å²) in [5.74, 6) is 0. The Morgan fingerprint density at radius 3 is 2.53 bits per heavy atom. The van der Waals surface area contributed by atoms with Gasteiger partial charge in [-0.05, 0) is 30.4 Å². The summed E-state index contributed by atoms with van der Waals surface area (Å²) in [4.78, 5) is 4.42. The Labute approximate surface area is 93.2 Å². The lowest BCUT2D eigenvalue weighted by atomic mass is 9.98.